The van der Waals surface area contributed by atoms with Crippen molar-refractivity contribution >= 4 is 0 Å². The second-order valence-electron chi connectivity index (χ2n) is 5.13. The van der Waals surface area contributed by atoms with E-state index in [1.165, 1.54) is 23.1 Å². The standard InChI is InChI=1S/C18H23N/c1-15-8-6-7-11-17(15)14-18(12-13-19-2)16-9-4-3-5-10-16/h3-11,18-19H,12-14H2,1-2H3/t18-/m1/s1. The van der Waals surface area contributed by atoms with Crippen molar-refractivity contribution in [3.8, 4) is 0 Å². The number of hydrogen-bond acceptors (Lipinski definition) is 1. The highest BCUT2D eigenvalue weighted by Gasteiger charge is 2.12. The van der Waals surface area contributed by atoms with Gasteiger partial charge in [-0.25, -0.2) is 0 Å². The largest absolute Gasteiger partial charge is 0.320 e. The monoisotopic (exact) mass is 253 g/mol. The zero-order valence-corrected chi connectivity index (χ0v) is 11.9. The average molecular weight is 253 g/mol. The summed E-state index contributed by atoms with van der Waals surface area (Å²) in [5, 5.41) is 3.27. The smallest absolute Gasteiger partial charge is 0.00460 e. The van der Waals surface area contributed by atoms with Crippen LogP contribution in [0.15, 0.2) is 54.6 Å². The van der Waals surface area contributed by atoms with Crippen LogP contribution >= 0.6 is 0 Å². The molecule has 1 nitrogen and oxygen atoms in total. The fourth-order valence-electron chi connectivity index (χ4n) is 2.53. The van der Waals surface area contributed by atoms with Gasteiger partial charge < -0.3 is 5.32 Å². The minimum absolute atomic E-state index is 0.592. The molecular weight excluding hydrogens is 230 g/mol. The molecule has 2 aromatic rings. The predicted octanol–water partition coefficient (Wildman–Crippen LogP) is 3.93. The Hall–Kier alpha value is -1.60. The molecule has 0 saturated carbocycles. The summed E-state index contributed by atoms with van der Waals surface area (Å²) in [6, 6.07) is 19.6. The molecule has 0 aliphatic heterocycles. The van der Waals surface area contributed by atoms with Gasteiger partial charge in [-0.15, -0.1) is 0 Å². The summed E-state index contributed by atoms with van der Waals surface area (Å²) in [7, 11) is 2.02. The van der Waals surface area contributed by atoms with E-state index in [1.807, 2.05) is 7.05 Å². The first kappa shape index (κ1) is 13.8. The topological polar surface area (TPSA) is 12.0 Å². The number of hydrogen-bond donors (Lipinski definition) is 1. The van der Waals surface area contributed by atoms with Crippen molar-refractivity contribution in [1.29, 1.82) is 0 Å². The lowest BCUT2D eigenvalue weighted by Crippen LogP contribution is -2.14. The highest BCUT2D eigenvalue weighted by Crippen LogP contribution is 2.25. The molecule has 1 heteroatoms. The molecule has 0 heterocycles. The maximum atomic E-state index is 3.27. The van der Waals surface area contributed by atoms with Gasteiger partial charge in [0.25, 0.3) is 0 Å². The van der Waals surface area contributed by atoms with Crippen LogP contribution in [0.2, 0.25) is 0 Å². The Labute approximate surface area is 116 Å². The fraction of sp³-hybridized carbons (Fsp3) is 0.333. The van der Waals surface area contributed by atoms with Crippen LogP contribution in [0.3, 0.4) is 0 Å². The van der Waals surface area contributed by atoms with E-state index in [0.29, 0.717) is 5.92 Å². The molecule has 0 aromatic heterocycles. The lowest BCUT2D eigenvalue weighted by atomic mass is 9.88. The van der Waals surface area contributed by atoms with Crippen LogP contribution in [-0.2, 0) is 6.42 Å². The molecule has 0 saturated heterocycles. The van der Waals surface area contributed by atoms with E-state index >= 15 is 0 Å². The van der Waals surface area contributed by atoms with Gasteiger partial charge >= 0.3 is 0 Å². The third-order valence-corrected chi connectivity index (χ3v) is 3.74. The SMILES string of the molecule is CNCC[C@H](Cc1ccccc1C)c1ccccc1. The molecule has 1 N–H and O–H groups in total. The van der Waals surface area contributed by atoms with Crippen molar-refractivity contribution in [1.82, 2.24) is 5.32 Å². The van der Waals surface area contributed by atoms with E-state index in [9.17, 15) is 0 Å². The van der Waals surface area contributed by atoms with Gasteiger partial charge in [-0.2, -0.15) is 0 Å². The van der Waals surface area contributed by atoms with E-state index in [-0.39, 0.29) is 0 Å². The molecule has 0 fully saturated rings. The van der Waals surface area contributed by atoms with Crippen molar-refractivity contribution in [2.75, 3.05) is 13.6 Å². The number of aryl methyl sites for hydroxylation is 1. The third-order valence-electron chi connectivity index (χ3n) is 3.74. The van der Waals surface area contributed by atoms with Crippen molar-refractivity contribution in [2.24, 2.45) is 0 Å². The lowest BCUT2D eigenvalue weighted by Gasteiger charge is -2.18. The molecule has 100 valence electrons. The van der Waals surface area contributed by atoms with Crippen LogP contribution in [0.4, 0.5) is 0 Å². The van der Waals surface area contributed by atoms with Crippen molar-refractivity contribution in [3.63, 3.8) is 0 Å². The Morgan fingerprint density at radius 3 is 2.32 bits per heavy atom. The number of nitrogens with one attached hydrogen (secondary N) is 1. The summed E-state index contributed by atoms with van der Waals surface area (Å²) >= 11 is 0. The van der Waals surface area contributed by atoms with Crippen LogP contribution in [-0.4, -0.2) is 13.6 Å². The first-order valence-corrected chi connectivity index (χ1v) is 7.05. The van der Waals surface area contributed by atoms with E-state index < -0.39 is 0 Å². The lowest BCUT2D eigenvalue weighted by molar-refractivity contribution is 0.592. The number of benzene rings is 2. The Balaban J connectivity index is 2.17. The molecule has 2 rings (SSSR count). The summed E-state index contributed by atoms with van der Waals surface area (Å²) < 4.78 is 0. The van der Waals surface area contributed by atoms with Gasteiger partial charge in [0, 0.05) is 0 Å². The van der Waals surface area contributed by atoms with Crippen molar-refractivity contribution in [3.05, 3.63) is 71.3 Å². The van der Waals surface area contributed by atoms with Crippen molar-refractivity contribution < 1.29 is 0 Å². The van der Waals surface area contributed by atoms with E-state index in [1.54, 1.807) is 0 Å². The molecule has 0 bridgehead atoms. The van der Waals surface area contributed by atoms with Crippen LogP contribution in [0.25, 0.3) is 0 Å². The minimum atomic E-state index is 0.592. The summed E-state index contributed by atoms with van der Waals surface area (Å²) in [6.07, 6.45) is 2.30. The Morgan fingerprint density at radius 1 is 0.947 bits per heavy atom. The van der Waals surface area contributed by atoms with E-state index in [0.717, 1.165) is 13.0 Å². The summed E-state index contributed by atoms with van der Waals surface area (Å²) in [5.41, 5.74) is 4.31. The zero-order chi connectivity index (χ0) is 13.5. The molecular formula is C18H23N. The Bertz CT molecular complexity index is 490. The second kappa shape index (κ2) is 7.10. The normalized spacial score (nSPS) is 12.3. The van der Waals surface area contributed by atoms with E-state index in [2.05, 4.69) is 66.8 Å². The summed E-state index contributed by atoms with van der Waals surface area (Å²) in [4.78, 5) is 0. The third kappa shape index (κ3) is 3.93. The zero-order valence-electron chi connectivity index (χ0n) is 11.9. The van der Waals surface area contributed by atoms with Gasteiger partial charge in [0.05, 0.1) is 0 Å². The minimum Gasteiger partial charge on any atom is -0.320 e. The van der Waals surface area contributed by atoms with Crippen LogP contribution < -0.4 is 5.32 Å². The van der Waals surface area contributed by atoms with Gasteiger partial charge in [-0.1, -0.05) is 54.6 Å². The van der Waals surface area contributed by atoms with E-state index in [4.69, 9.17) is 0 Å². The highest BCUT2D eigenvalue weighted by molar-refractivity contribution is 5.29. The Morgan fingerprint density at radius 2 is 1.63 bits per heavy atom. The second-order valence-corrected chi connectivity index (χ2v) is 5.13. The highest BCUT2D eigenvalue weighted by atomic mass is 14.8. The van der Waals surface area contributed by atoms with Crippen LogP contribution in [0.5, 0.6) is 0 Å². The van der Waals surface area contributed by atoms with Crippen LogP contribution in [0.1, 0.15) is 29.0 Å². The first-order valence-electron chi connectivity index (χ1n) is 7.05. The molecule has 0 radical (unpaired) electrons. The van der Waals surface area contributed by atoms with Gasteiger partial charge in [0.1, 0.15) is 0 Å². The van der Waals surface area contributed by atoms with Gasteiger partial charge in [-0.05, 0) is 56.0 Å². The summed E-state index contributed by atoms with van der Waals surface area (Å²) in [6.45, 7) is 3.26. The van der Waals surface area contributed by atoms with Gasteiger partial charge in [0.2, 0.25) is 0 Å². The van der Waals surface area contributed by atoms with Crippen LogP contribution in [0, 0.1) is 6.92 Å². The molecule has 1 atom stereocenters. The molecule has 0 unspecified atom stereocenters. The van der Waals surface area contributed by atoms with Gasteiger partial charge in [-0.3, -0.25) is 0 Å². The number of rotatable bonds is 6. The fourth-order valence-corrected chi connectivity index (χ4v) is 2.53. The van der Waals surface area contributed by atoms with Crippen molar-refractivity contribution in [2.45, 2.75) is 25.7 Å². The molecule has 0 amide bonds. The molecule has 19 heavy (non-hydrogen) atoms. The first-order chi connectivity index (χ1) is 9.31. The molecule has 0 spiro atoms. The maximum absolute atomic E-state index is 3.27. The maximum Gasteiger partial charge on any atom is -0.00460 e. The predicted molar refractivity (Wildman–Crippen MR) is 82.6 cm³/mol. The Kier molecular flexibility index (Phi) is 5.17. The summed E-state index contributed by atoms with van der Waals surface area (Å²) in [5.74, 6) is 0.592. The quantitative estimate of drug-likeness (QED) is 0.822. The average Bonchev–Trinajstić information content (AvgIpc) is 2.46. The molecule has 2 aromatic carbocycles. The van der Waals surface area contributed by atoms with Gasteiger partial charge in [0.15, 0.2) is 0 Å². The molecule has 0 aliphatic carbocycles. The molecule has 0 aliphatic rings.